The molecular weight excluding hydrogens is 326 g/mol. The Balaban J connectivity index is 1.45. The van der Waals surface area contributed by atoms with Crippen LogP contribution in [0.4, 0.5) is 0 Å². The summed E-state index contributed by atoms with van der Waals surface area (Å²) in [4.78, 5) is 5.04. The van der Waals surface area contributed by atoms with Gasteiger partial charge in [-0.15, -0.1) is 0 Å². The van der Waals surface area contributed by atoms with Crippen molar-refractivity contribution >= 4 is 0 Å². The number of pyridine rings is 1. The van der Waals surface area contributed by atoms with Crippen LogP contribution in [0.25, 0.3) is 11.3 Å². The molecule has 144 valence electrons. The van der Waals surface area contributed by atoms with Crippen LogP contribution in [0.2, 0.25) is 0 Å². The van der Waals surface area contributed by atoms with Gasteiger partial charge in [0.25, 0.3) is 0 Å². The van der Waals surface area contributed by atoms with E-state index in [-0.39, 0.29) is 0 Å². The molecule has 0 radical (unpaired) electrons. The van der Waals surface area contributed by atoms with Crippen molar-refractivity contribution in [2.24, 2.45) is 11.8 Å². The fraction of sp³-hybridized carbons (Fsp3) is 0.577. The normalized spacial score (nSPS) is 25.2. The maximum Gasteiger partial charge on any atom is 0.0705 e. The predicted molar refractivity (Wildman–Crippen MR) is 115 cm³/mol. The summed E-state index contributed by atoms with van der Waals surface area (Å²) in [6.45, 7) is 4.64. The van der Waals surface area contributed by atoms with Crippen molar-refractivity contribution in [2.45, 2.75) is 84.0 Å². The molecule has 2 aliphatic rings. The maximum atomic E-state index is 5.04. The van der Waals surface area contributed by atoms with E-state index < -0.39 is 0 Å². The van der Waals surface area contributed by atoms with Gasteiger partial charge in [0.2, 0.25) is 0 Å². The molecule has 2 aromatic rings. The molecule has 0 aliphatic heterocycles. The van der Waals surface area contributed by atoms with Crippen LogP contribution >= 0.6 is 0 Å². The highest BCUT2D eigenvalue weighted by Gasteiger charge is 2.22. The van der Waals surface area contributed by atoms with Gasteiger partial charge in [0.05, 0.1) is 5.69 Å². The monoisotopic (exact) mass is 361 g/mol. The Morgan fingerprint density at radius 3 is 2.33 bits per heavy atom. The molecule has 0 spiro atoms. The van der Waals surface area contributed by atoms with Crippen LogP contribution in [0.1, 0.15) is 88.0 Å². The summed E-state index contributed by atoms with van der Waals surface area (Å²) in [5, 5.41) is 0. The Hall–Kier alpha value is -1.63. The number of benzene rings is 1. The Morgan fingerprint density at radius 1 is 0.852 bits per heavy atom. The molecule has 1 heteroatoms. The molecule has 0 N–H and O–H groups in total. The van der Waals surface area contributed by atoms with Crippen molar-refractivity contribution in [1.29, 1.82) is 0 Å². The summed E-state index contributed by atoms with van der Waals surface area (Å²) < 4.78 is 0. The number of fused-ring (bicyclic) bond motifs is 1. The highest BCUT2D eigenvalue weighted by molar-refractivity contribution is 5.60. The third-order valence-electron chi connectivity index (χ3n) is 7.17. The smallest absolute Gasteiger partial charge is 0.0705 e. The van der Waals surface area contributed by atoms with Crippen molar-refractivity contribution in [2.75, 3.05) is 0 Å². The summed E-state index contributed by atoms with van der Waals surface area (Å²) in [7, 11) is 0. The topological polar surface area (TPSA) is 12.9 Å². The van der Waals surface area contributed by atoms with Crippen LogP contribution in [0.15, 0.2) is 36.4 Å². The number of rotatable bonds is 5. The van der Waals surface area contributed by atoms with Gasteiger partial charge in [-0.3, -0.25) is 4.98 Å². The van der Waals surface area contributed by atoms with E-state index >= 15 is 0 Å². The molecule has 1 nitrogen and oxygen atoms in total. The van der Waals surface area contributed by atoms with E-state index in [1.54, 1.807) is 0 Å². The van der Waals surface area contributed by atoms with Gasteiger partial charge in [-0.25, -0.2) is 0 Å². The molecule has 1 saturated carbocycles. The van der Waals surface area contributed by atoms with Crippen molar-refractivity contribution in [3.63, 3.8) is 0 Å². The number of aromatic nitrogens is 1. The van der Waals surface area contributed by atoms with E-state index in [1.807, 2.05) is 0 Å². The van der Waals surface area contributed by atoms with Gasteiger partial charge in [-0.2, -0.15) is 0 Å². The number of hydrogen-bond acceptors (Lipinski definition) is 1. The first-order chi connectivity index (χ1) is 13.3. The quantitative estimate of drug-likeness (QED) is 0.543. The van der Waals surface area contributed by atoms with Gasteiger partial charge in [-0.1, -0.05) is 63.4 Å². The molecule has 1 atom stereocenters. The summed E-state index contributed by atoms with van der Waals surface area (Å²) >= 11 is 0. The van der Waals surface area contributed by atoms with Crippen molar-refractivity contribution in [1.82, 2.24) is 4.98 Å². The fourth-order valence-electron chi connectivity index (χ4n) is 5.33. The minimum absolute atomic E-state index is 0.772. The second-order valence-corrected chi connectivity index (χ2v) is 8.95. The summed E-state index contributed by atoms with van der Waals surface area (Å²) in [6, 6.07) is 13.9. The van der Waals surface area contributed by atoms with Gasteiger partial charge < -0.3 is 0 Å². The van der Waals surface area contributed by atoms with Gasteiger partial charge in [-0.05, 0) is 79.9 Å². The van der Waals surface area contributed by atoms with E-state index in [0.29, 0.717) is 0 Å². The van der Waals surface area contributed by atoms with Crippen LogP contribution in [0.3, 0.4) is 0 Å². The molecule has 4 rings (SSSR count). The zero-order valence-electron chi connectivity index (χ0n) is 17.2. The fourth-order valence-corrected chi connectivity index (χ4v) is 5.33. The van der Waals surface area contributed by atoms with E-state index in [9.17, 15) is 0 Å². The lowest BCUT2D eigenvalue weighted by atomic mass is 9.78. The molecule has 1 fully saturated rings. The van der Waals surface area contributed by atoms with Crippen LogP contribution in [0.5, 0.6) is 0 Å². The van der Waals surface area contributed by atoms with Crippen LogP contribution in [0, 0.1) is 11.8 Å². The number of nitrogens with zero attached hydrogens (tertiary/aromatic N) is 1. The minimum atomic E-state index is 0.772. The highest BCUT2D eigenvalue weighted by atomic mass is 14.7. The SMILES string of the molecule is CCCC1CCc2nc(-c3ccc(C4CCC(CC)CC4)cc3)ccc2C1. The zero-order chi connectivity index (χ0) is 18.6. The van der Waals surface area contributed by atoms with E-state index in [4.69, 9.17) is 4.98 Å². The maximum absolute atomic E-state index is 5.04. The summed E-state index contributed by atoms with van der Waals surface area (Å²) in [5.41, 5.74) is 6.81. The standard InChI is InChI=1S/C26H35N/c1-3-5-20-8-16-26-24(18-20)15-17-25(27-26)23-13-11-22(12-14-23)21-9-6-19(4-2)7-10-21/h11-15,17,19-21H,3-10,16,18H2,1-2H3. The van der Waals surface area contributed by atoms with Crippen LogP contribution in [-0.4, -0.2) is 4.98 Å². The van der Waals surface area contributed by atoms with E-state index in [0.717, 1.165) is 29.9 Å². The van der Waals surface area contributed by atoms with Gasteiger partial charge >= 0.3 is 0 Å². The molecule has 0 amide bonds. The first-order valence-electron chi connectivity index (χ1n) is 11.4. The third-order valence-corrected chi connectivity index (χ3v) is 7.17. The summed E-state index contributed by atoms with van der Waals surface area (Å²) in [6.07, 6.45) is 13.3. The molecule has 1 heterocycles. The third kappa shape index (κ3) is 4.28. The Bertz CT molecular complexity index is 737. The minimum Gasteiger partial charge on any atom is -0.253 e. The average Bonchev–Trinajstić information content (AvgIpc) is 2.74. The van der Waals surface area contributed by atoms with Crippen LogP contribution in [-0.2, 0) is 12.8 Å². The second-order valence-electron chi connectivity index (χ2n) is 8.95. The van der Waals surface area contributed by atoms with Gasteiger partial charge in [0.1, 0.15) is 0 Å². The number of aryl methyl sites for hydroxylation is 1. The van der Waals surface area contributed by atoms with Gasteiger partial charge in [0.15, 0.2) is 0 Å². The molecule has 0 saturated heterocycles. The van der Waals surface area contributed by atoms with E-state index in [2.05, 4.69) is 50.2 Å². The van der Waals surface area contributed by atoms with Crippen molar-refractivity contribution in [3.8, 4) is 11.3 Å². The first kappa shape index (κ1) is 18.7. The molecule has 1 unspecified atom stereocenters. The molecule has 2 aliphatic carbocycles. The lowest BCUT2D eigenvalue weighted by Crippen LogP contribution is -2.15. The first-order valence-corrected chi connectivity index (χ1v) is 11.4. The van der Waals surface area contributed by atoms with Crippen LogP contribution < -0.4 is 0 Å². The molecule has 27 heavy (non-hydrogen) atoms. The van der Waals surface area contributed by atoms with Gasteiger partial charge in [0, 0.05) is 11.3 Å². The second kappa shape index (κ2) is 8.59. The van der Waals surface area contributed by atoms with Crippen molar-refractivity contribution in [3.05, 3.63) is 53.2 Å². The lowest BCUT2D eigenvalue weighted by Gasteiger charge is -2.28. The molecule has 1 aromatic heterocycles. The van der Waals surface area contributed by atoms with E-state index in [1.165, 1.54) is 80.2 Å². The average molecular weight is 362 g/mol. The predicted octanol–water partition coefficient (Wildman–Crippen LogP) is 7.34. The van der Waals surface area contributed by atoms with Crippen molar-refractivity contribution < 1.29 is 0 Å². The molecule has 1 aromatic carbocycles. The zero-order valence-corrected chi connectivity index (χ0v) is 17.2. The Morgan fingerprint density at radius 2 is 1.63 bits per heavy atom. The molecular formula is C26H35N. The molecule has 0 bridgehead atoms. The largest absolute Gasteiger partial charge is 0.253 e. The lowest BCUT2D eigenvalue weighted by molar-refractivity contribution is 0.319. The number of hydrogen-bond donors (Lipinski definition) is 0. The Kier molecular flexibility index (Phi) is 5.95. The highest BCUT2D eigenvalue weighted by Crippen LogP contribution is 2.37. The summed E-state index contributed by atoms with van der Waals surface area (Å²) in [5.74, 6) is 2.61. The Labute approximate surface area is 165 Å².